The summed E-state index contributed by atoms with van der Waals surface area (Å²) in [6.45, 7) is 5.15. The minimum Gasteiger partial charge on any atom is -0.330 e. The van der Waals surface area contributed by atoms with E-state index < -0.39 is 0 Å². The Morgan fingerprint density at radius 3 is 2.60 bits per heavy atom. The van der Waals surface area contributed by atoms with Crippen LogP contribution >= 0.6 is 0 Å². The molecule has 0 saturated heterocycles. The van der Waals surface area contributed by atoms with Gasteiger partial charge in [0.25, 0.3) is 0 Å². The van der Waals surface area contributed by atoms with Crippen molar-refractivity contribution in [3.05, 3.63) is 12.2 Å². The molecule has 0 fully saturated rings. The summed E-state index contributed by atoms with van der Waals surface area (Å²) in [5.41, 5.74) is 5.37. The summed E-state index contributed by atoms with van der Waals surface area (Å²) in [5.74, 6) is 0.733. The lowest BCUT2D eigenvalue weighted by molar-refractivity contribution is 0.585. The van der Waals surface area contributed by atoms with Crippen LogP contribution in [0, 0.1) is 5.92 Å². The molecule has 60 valence electrons. The molecule has 0 bridgehead atoms. The van der Waals surface area contributed by atoms with Gasteiger partial charge in [-0.05, 0) is 32.2 Å². The minimum atomic E-state index is 0.733. The number of hydrogen-bond donors (Lipinski definition) is 1. The van der Waals surface area contributed by atoms with Gasteiger partial charge in [0, 0.05) is 0 Å². The topological polar surface area (TPSA) is 26.0 Å². The molecule has 0 aromatic carbocycles. The van der Waals surface area contributed by atoms with Crippen molar-refractivity contribution in [2.45, 2.75) is 33.1 Å². The van der Waals surface area contributed by atoms with E-state index in [0.29, 0.717) is 0 Å². The lowest BCUT2D eigenvalue weighted by Gasteiger charge is -2.03. The Labute approximate surface area is 64.3 Å². The van der Waals surface area contributed by atoms with E-state index in [1.807, 2.05) is 0 Å². The lowest BCUT2D eigenvalue weighted by atomic mass is 10.0. The van der Waals surface area contributed by atoms with Crippen LogP contribution < -0.4 is 5.73 Å². The van der Waals surface area contributed by atoms with Crippen LogP contribution in [0.25, 0.3) is 0 Å². The zero-order valence-corrected chi connectivity index (χ0v) is 7.14. The van der Waals surface area contributed by atoms with E-state index >= 15 is 0 Å². The van der Waals surface area contributed by atoms with E-state index in [1.54, 1.807) is 0 Å². The van der Waals surface area contributed by atoms with E-state index in [1.165, 1.54) is 19.3 Å². The van der Waals surface area contributed by atoms with Crippen LogP contribution in [-0.4, -0.2) is 6.54 Å². The molecule has 10 heavy (non-hydrogen) atoms. The summed E-state index contributed by atoms with van der Waals surface area (Å²) in [6, 6.07) is 0. The predicted octanol–water partition coefficient (Wildman–Crippen LogP) is 2.33. The normalized spacial score (nSPS) is 14.3. The molecule has 0 aromatic heterocycles. The van der Waals surface area contributed by atoms with E-state index in [-0.39, 0.29) is 0 Å². The molecule has 1 heteroatoms. The van der Waals surface area contributed by atoms with Crippen molar-refractivity contribution in [1.82, 2.24) is 0 Å². The van der Waals surface area contributed by atoms with Gasteiger partial charge in [-0.15, -0.1) is 0 Å². The summed E-state index contributed by atoms with van der Waals surface area (Å²) in [7, 11) is 0. The summed E-state index contributed by atoms with van der Waals surface area (Å²) in [5, 5.41) is 0. The zero-order chi connectivity index (χ0) is 7.82. The van der Waals surface area contributed by atoms with Crippen LogP contribution in [0.4, 0.5) is 0 Å². The Balaban J connectivity index is 3.13. The van der Waals surface area contributed by atoms with E-state index in [0.717, 1.165) is 12.5 Å². The Morgan fingerprint density at radius 2 is 2.10 bits per heavy atom. The van der Waals surface area contributed by atoms with Crippen molar-refractivity contribution < 1.29 is 0 Å². The zero-order valence-electron chi connectivity index (χ0n) is 7.14. The van der Waals surface area contributed by atoms with Gasteiger partial charge in [-0.2, -0.15) is 0 Å². The summed E-state index contributed by atoms with van der Waals surface area (Å²) in [6.07, 6.45) is 8.08. The molecular formula is C9H19N. The smallest absolute Gasteiger partial charge is 0.00773 e. The third-order valence-electron chi connectivity index (χ3n) is 1.63. The largest absolute Gasteiger partial charge is 0.330 e. The maximum Gasteiger partial charge on any atom is -0.00773 e. The van der Waals surface area contributed by atoms with Crippen LogP contribution in [0.1, 0.15) is 33.1 Å². The first-order valence-electron chi connectivity index (χ1n) is 4.14. The molecule has 0 aliphatic rings. The van der Waals surface area contributed by atoms with Crippen LogP contribution in [0.2, 0.25) is 0 Å². The molecule has 1 unspecified atom stereocenters. The highest BCUT2D eigenvalue weighted by Gasteiger charge is 1.94. The molecule has 1 atom stereocenters. The van der Waals surface area contributed by atoms with Gasteiger partial charge < -0.3 is 5.73 Å². The summed E-state index contributed by atoms with van der Waals surface area (Å²) >= 11 is 0. The molecule has 0 aliphatic carbocycles. The first-order chi connectivity index (χ1) is 4.81. The van der Waals surface area contributed by atoms with E-state index in [9.17, 15) is 0 Å². The molecule has 0 heterocycles. The first kappa shape index (κ1) is 9.70. The third kappa shape index (κ3) is 5.83. The van der Waals surface area contributed by atoms with Crippen molar-refractivity contribution in [2.75, 3.05) is 6.54 Å². The molecule has 0 radical (unpaired) electrons. The average Bonchev–Trinajstić information content (AvgIpc) is 1.89. The Kier molecular flexibility index (Phi) is 6.61. The highest BCUT2D eigenvalue weighted by Crippen LogP contribution is 2.07. The van der Waals surface area contributed by atoms with Gasteiger partial charge in [0.2, 0.25) is 0 Å². The Bertz CT molecular complexity index is 86.7. The summed E-state index contributed by atoms with van der Waals surface area (Å²) < 4.78 is 0. The van der Waals surface area contributed by atoms with Gasteiger partial charge >= 0.3 is 0 Å². The molecule has 1 nitrogen and oxygen atoms in total. The lowest BCUT2D eigenvalue weighted by Crippen LogP contribution is -1.99. The fourth-order valence-corrected chi connectivity index (χ4v) is 1.04. The van der Waals surface area contributed by atoms with Crippen LogP contribution in [-0.2, 0) is 0 Å². The minimum absolute atomic E-state index is 0.733. The molecule has 0 saturated carbocycles. The quantitative estimate of drug-likeness (QED) is 0.461. The van der Waals surface area contributed by atoms with Crippen molar-refractivity contribution >= 4 is 0 Å². The van der Waals surface area contributed by atoms with Crippen molar-refractivity contribution in [1.29, 1.82) is 0 Å². The van der Waals surface area contributed by atoms with Gasteiger partial charge in [0.15, 0.2) is 0 Å². The highest BCUT2D eigenvalue weighted by molar-refractivity contribution is 4.82. The number of unbranched alkanes of at least 4 members (excludes halogenated alkanes) is 1. The average molecular weight is 141 g/mol. The second-order valence-corrected chi connectivity index (χ2v) is 2.79. The van der Waals surface area contributed by atoms with E-state index in [4.69, 9.17) is 5.73 Å². The summed E-state index contributed by atoms with van der Waals surface area (Å²) in [4.78, 5) is 0. The fraction of sp³-hybridized carbons (Fsp3) is 0.778. The number of hydrogen-bond acceptors (Lipinski definition) is 1. The van der Waals surface area contributed by atoms with Crippen LogP contribution in [0.3, 0.4) is 0 Å². The molecule has 0 rings (SSSR count). The van der Waals surface area contributed by atoms with Crippen LogP contribution in [0.15, 0.2) is 12.2 Å². The molecule has 0 amide bonds. The van der Waals surface area contributed by atoms with Gasteiger partial charge in [-0.25, -0.2) is 0 Å². The maximum absolute atomic E-state index is 5.37. The SMILES string of the molecule is C/C=C/C(C)CCCCN. The second kappa shape index (κ2) is 6.81. The van der Waals surface area contributed by atoms with Crippen LogP contribution in [0.5, 0.6) is 0 Å². The maximum atomic E-state index is 5.37. The molecule has 2 N–H and O–H groups in total. The molecule has 0 spiro atoms. The standard InChI is InChI=1S/C9H19N/c1-3-6-9(2)7-4-5-8-10/h3,6,9H,4-5,7-8,10H2,1-2H3/b6-3+. The number of nitrogens with two attached hydrogens (primary N) is 1. The first-order valence-corrected chi connectivity index (χ1v) is 4.14. The van der Waals surface area contributed by atoms with Gasteiger partial charge in [-0.3, -0.25) is 0 Å². The Hall–Kier alpha value is -0.300. The van der Waals surface area contributed by atoms with Crippen molar-refractivity contribution in [3.8, 4) is 0 Å². The van der Waals surface area contributed by atoms with Gasteiger partial charge in [0.1, 0.15) is 0 Å². The monoisotopic (exact) mass is 141 g/mol. The fourth-order valence-electron chi connectivity index (χ4n) is 1.04. The van der Waals surface area contributed by atoms with Gasteiger partial charge in [-0.1, -0.05) is 25.5 Å². The second-order valence-electron chi connectivity index (χ2n) is 2.79. The predicted molar refractivity (Wildman–Crippen MR) is 46.9 cm³/mol. The van der Waals surface area contributed by atoms with Gasteiger partial charge in [0.05, 0.1) is 0 Å². The van der Waals surface area contributed by atoms with Crippen molar-refractivity contribution in [2.24, 2.45) is 11.7 Å². The van der Waals surface area contributed by atoms with Crippen molar-refractivity contribution in [3.63, 3.8) is 0 Å². The Morgan fingerprint density at radius 1 is 1.40 bits per heavy atom. The number of rotatable bonds is 5. The van der Waals surface area contributed by atoms with E-state index in [2.05, 4.69) is 26.0 Å². The third-order valence-corrected chi connectivity index (χ3v) is 1.63. The molecule has 0 aliphatic heterocycles. The molecule has 0 aromatic rings. The molecular weight excluding hydrogens is 122 g/mol. The highest BCUT2D eigenvalue weighted by atomic mass is 14.5. The number of allylic oxidation sites excluding steroid dienone is 2.